The molecule has 0 spiro atoms. The smallest absolute Gasteiger partial charge is 0.326 e. The number of amides is 1. The Bertz CT molecular complexity index is 1170. The average molecular weight is 451 g/mol. The van der Waals surface area contributed by atoms with E-state index < -0.39 is 34.4 Å². The number of anilines is 1. The number of pyridine rings is 1. The molecule has 31 heavy (non-hydrogen) atoms. The number of hydrogen-bond acceptors (Lipinski definition) is 3. The van der Waals surface area contributed by atoms with Gasteiger partial charge in [0.25, 0.3) is 0 Å². The molecule has 3 aromatic rings. The van der Waals surface area contributed by atoms with Crippen molar-refractivity contribution in [1.29, 1.82) is 0 Å². The number of nitrogens with two attached hydrogens (primary N) is 1. The molecule has 0 fully saturated rings. The molecule has 10 heteroatoms. The van der Waals surface area contributed by atoms with Crippen molar-refractivity contribution in [2.75, 3.05) is 5.32 Å². The van der Waals surface area contributed by atoms with Gasteiger partial charge in [0, 0.05) is 29.2 Å². The van der Waals surface area contributed by atoms with E-state index in [1.807, 2.05) is 0 Å². The van der Waals surface area contributed by atoms with E-state index >= 15 is 0 Å². The van der Waals surface area contributed by atoms with Gasteiger partial charge in [0.15, 0.2) is 0 Å². The fourth-order valence-electron chi connectivity index (χ4n) is 2.92. The lowest BCUT2D eigenvalue weighted by molar-refractivity contribution is -0.137. The fraction of sp³-hybridized carbons (Fsp3) is 0.143. The summed E-state index contributed by atoms with van der Waals surface area (Å²) >= 11 is 0. The quantitative estimate of drug-likeness (QED) is 0.565. The highest BCUT2D eigenvalue weighted by molar-refractivity contribution is 7.82. The number of alkyl halides is 3. The lowest BCUT2D eigenvalue weighted by Crippen LogP contribution is -2.16. The summed E-state index contributed by atoms with van der Waals surface area (Å²) in [4.78, 5) is 15.9. The van der Waals surface area contributed by atoms with Crippen LogP contribution >= 0.6 is 0 Å². The summed E-state index contributed by atoms with van der Waals surface area (Å²) in [5.41, 5.74) is 0.435. The second-order valence-corrected chi connectivity index (χ2v) is 7.82. The number of aromatic nitrogens is 1. The van der Waals surface area contributed by atoms with Crippen molar-refractivity contribution in [2.45, 2.75) is 24.4 Å². The Kier molecular flexibility index (Phi) is 6.51. The first-order valence-corrected chi connectivity index (χ1v) is 10.1. The van der Waals surface area contributed by atoms with Crippen LogP contribution < -0.4 is 10.5 Å². The molecule has 1 amide bonds. The summed E-state index contributed by atoms with van der Waals surface area (Å²) in [5.74, 6) is -1.03. The summed E-state index contributed by atoms with van der Waals surface area (Å²) in [7, 11) is -2.06. The summed E-state index contributed by atoms with van der Waals surface area (Å²) in [6, 6.07) is 9.49. The fourth-order valence-corrected chi connectivity index (χ4v) is 3.57. The Morgan fingerprint density at radius 1 is 1.13 bits per heavy atom. The molecule has 1 atom stereocenters. The molecule has 2 aromatic carbocycles. The van der Waals surface area contributed by atoms with Crippen molar-refractivity contribution in [2.24, 2.45) is 5.14 Å². The van der Waals surface area contributed by atoms with Crippen LogP contribution in [-0.4, -0.2) is 15.1 Å². The summed E-state index contributed by atoms with van der Waals surface area (Å²) < 4.78 is 64.9. The third-order valence-electron chi connectivity index (χ3n) is 4.42. The molecular weight excluding hydrogens is 434 g/mol. The zero-order valence-electron chi connectivity index (χ0n) is 16.2. The van der Waals surface area contributed by atoms with Gasteiger partial charge in [0.2, 0.25) is 5.91 Å². The number of rotatable bonds is 5. The van der Waals surface area contributed by atoms with Gasteiger partial charge >= 0.3 is 6.18 Å². The zero-order valence-corrected chi connectivity index (χ0v) is 17.0. The molecule has 1 heterocycles. The normalized spacial score (nSPS) is 12.5. The molecule has 0 bridgehead atoms. The van der Waals surface area contributed by atoms with Crippen LogP contribution in [0.3, 0.4) is 0 Å². The van der Waals surface area contributed by atoms with E-state index in [4.69, 9.17) is 5.14 Å². The Morgan fingerprint density at radius 2 is 1.87 bits per heavy atom. The Morgan fingerprint density at radius 3 is 2.52 bits per heavy atom. The van der Waals surface area contributed by atoms with E-state index in [1.54, 1.807) is 13.0 Å². The topological polar surface area (TPSA) is 85.1 Å². The van der Waals surface area contributed by atoms with Crippen LogP contribution in [-0.2, 0) is 28.4 Å². The van der Waals surface area contributed by atoms with Gasteiger partial charge in [-0.05, 0) is 42.3 Å². The van der Waals surface area contributed by atoms with Crippen LogP contribution in [0.1, 0.15) is 16.7 Å². The van der Waals surface area contributed by atoms with Crippen molar-refractivity contribution in [3.63, 3.8) is 0 Å². The maximum Gasteiger partial charge on any atom is 0.417 e. The van der Waals surface area contributed by atoms with Gasteiger partial charge in [-0.3, -0.25) is 9.78 Å². The lowest BCUT2D eigenvalue weighted by Gasteiger charge is -2.13. The van der Waals surface area contributed by atoms with Crippen LogP contribution in [0, 0.1) is 12.7 Å². The Hall–Kier alpha value is -3.11. The molecule has 0 radical (unpaired) electrons. The highest BCUT2D eigenvalue weighted by atomic mass is 32.2. The Labute approximate surface area is 177 Å². The van der Waals surface area contributed by atoms with Crippen LogP contribution in [0.15, 0.2) is 59.8 Å². The van der Waals surface area contributed by atoms with Crippen molar-refractivity contribution in [3.05, 3.63) is 77.4 Å². The third-order valence-corrected chi connectivity index (χ3v) is 5.19. The summed E-state index contributed by atoms with van der Waals surface area (Å²) in [6.45, 7) is 1.73. The standard InChI is InChI=1S/C21H17F4N3O2S/c1-12-2-3-13(18(22)6-12)8-20(29)28-16-4-5-17(19(9-16)31(26)30)14-7-15(11-27-10-14)21(23,24)25/h2-7,9-11H,8,26H2,1H3,(H,28,29). The molecule has 0 aliphatic carbocycles. The molecule has 0 aliphatic rings. The van der Waals surface area contributed by atoms with E-state index in [2.05, 4.69) is 10.3 Å². The zero-order chi connectivity index (χ0) is 22.8. The average Bonchev–Trinajstić information content (AvgIpc) is 2.69. The second-order valence-electron chi connectivity index (χ2n) is 6.79. The molecule has 0 saturated carbocycles. The van der Waals surface area contributed by atoms with Gasteiger partial charge in [0.05, 0.1) is 16.9 Å². The maximum absolute atomic E-state index is 14.0. The first-order valence-electron chi connectivity index (χ1n) is 8.92. The van der Waals surface area contributed by atoms with E-state index in [-0.39, 0.29) is 33.7 Å². The molecular formula is C21H17F4N3O2S. The maximum atomic E-state index is 14.0. The first-order chi connectivity index (χ1) is 14.5. The SMILES string of the molecule is Cc1ccc(CC(=O)Nc2ccc(-c3cncc(C(F)(F)F)c3)c(S(N)=O)c2)c(F)c1. The predicted octanol–water partition coefficient (Wildman–Crippen LogP) is 4.38. The van der Waals surface area contributed by atoms with Crippen LogP contribution in [0.5, 0.6) is 0 Å². The van der Waals surface area contributed by atoms with Gasteiger partial charge in [-0.15, -0.1) is 0 Å². The molecule has 1 aromatic heterocycles. The minimum absolute atomic E-state index is 0.0143. The van der Waals surface area contributed by atoms with E-state index in [9.17, 15) is 26.6 Å². The number of nitrogens with one attached hydrogen (secondary N) is 1. The van der Waals surface area contributed by atoms with E-state index in [0.717, 1.165) is 11.6 Å². The number of carbonyl (C=O) groups is 1. The van der Waals surface area contributed by atoms with Crippen molar-refractivity contribution in [1.82, 2.24) is 4.98 Å². The van der Waals surface area contributed by atoms with Crippen molar-refractivity contribution < 1.29 is 26.6 Å². The van der Waals surface area contributed by atoms with Gasteiger partial charge in [-0.25, -0.2) is 13.7 Å². The molecule has 1 unspecified atom stereocenters. The van der Waals surface area contributed by atoms with Crippen molar-refractivity contribution in [3.8, 4) is 11.1 Å². The summed E-state index contributed by atoms with van der Waals surface area (Å²) in [6.07, 6.45) is -2.95. The van der Waals surface area contributed by atoms with Gasteiger partial charge in [0.1, 0.15) is 16.8 Å². The lowest BCUT2D eigenvalue weighted by atomic mass is 10.0. The van der Waals surface area contributed by atoms with Crippen molar-refractivity contribution >= 4 is 22.6 Å². The van der Waals surface area contributed by atoms with Gasteiger partial charge in [-0.2, -0.15) is 13.2 Å². The number of nitrogens with zero attached hydrogens (tertiary/aromatic N) is 1. The predicted molar refractivity (Wildman–Crippen MR) is 109 cm³/mol. The van der Waals surface area contributed by atoms with Gasteiger partial charge < -0.3 is 5.32 Å². The molecule has 0 saturated heterocycles. The highest BCUT2D eigenvalue weighted by Gasteiger charge is 2.31. The summed E-state index contributed by atoms with van der Waals surface area (Å²) in [5, 5.41) is 8.05. The van der Waals surface area contributed by atoms with E-state index in [1.165, 1.54) is 36.5 Å². The number of carbonyl (C=O) groups excluding carboxylic acids is 1. The molecule has 0 aliphatic heterocycles. The third kappa shape index (κ3) is 5.53. The number of benzene rings is 2. The van der Waals surface area contributed by atoms with Crippen LogP contribution in [0.4, 0.5) is 23.2 Å². The molecule has 162 valence electrons. The highest BCUT2D eigenvalue weighted by Crippen LogP contribution is 2.33. The minimum atomic E-state index is -4.59. The number of halogens is 4. The van der Waals surface area contributed by atoms with Crippen LogP contribution in [0.25, 0.3) is 11.1 Å². The van der Waals surface area contributed by atoms with Gasteiger partial charge in [-0.1, -0.05) is 18.2 Å². The first kappa shape index (κ1) is 22.6. The van der Waals surface area contributed by atoms with Crippen LogP contribution in [0.2, 0.25) is 0 Å². The second kappa shape index (κ2) is 8.94. The van der Waals surface area contributed by atoms with E-state index in [0.29, 0.717) is 6.20 Å². The molecule has 3 N–H and O–H groups in total. The molecule has 3 rings (SSSR count). The minimum Gasteiger partial charge on any atom is -0.326 e. The molecule has 5 nitrogen and oxygen atoms in total. The number of hydrogen-bond donors (Lipinski definition) is 2. The number of aryl methyl sites for hydroxylation is 1. The monoisotopic (exact) mass is 451 g/mol. The largest absolute Gasteiger partial charge is 0.417 e. The Balaban J connectivity index is 1.87.